The highest BCUT2D eigenvalue weighted by molar-refractivity contribution is 7.99. The topological polar surface area (TPSA) is 143 Å². The third kappa shape index (κ3) is 7.58. The lowest BCUT2D eigenvalue weighted by Gasteiger charge is -2.30. The third-order valence-corrected chi connectivity index (χ3v) is 11.4. The molecule has 1 saturated carbocycles. The van der Waals surface area contributed by atoms with Crippen LogP contribution in [0.5, 0.6) is 11.5 Å². The number of nitrogens with one attached hydrogen (secondary N) is 2. The summed E-state index contributed by atoms with van der Waals surface area (Å²) in [6, 6.07) is 10.7. The summed E-state index contributed by atoms with van der Waals surface area (Å²) in [7, 11) is 1.54. The first kappa shape index (κ1) is 34.9. The van der Waals surface area contributed by atoms with E-state index in [9.17, 15) is 19.2 Å². The second kappa shape index (κ2) is 15.0. The van der Waals surface area contributed by atoms with Crippen LogP contribution in [0.25, 0.3) is 11.0 Å². The largest absolute Gasteiger partial charge is 0.493 e. The number of aliphatic imine (C=N–C) groups is 1. The highest BCUT2D eigenvalue weighted by Crippen LogP contribution is 2.40. The number of ether oxygens (including phenoxy) is 2. The Labute approximate surface area is 301 Å². The van der Waals surface area contributed by atoms with Crippen LogP contribution >= 0.6 is 11.8 Å². The molecule has 2 N–H and O–H groups in total. The van der Waals surface area contributed by atoms with Gasteiger partial charge < -0.3 is 34.3 Å². The van der Waals surface area contributed by atoms with Crippen LogP contribution in [0.15, 0.2) is 45.8 Å². The molecule has 270 valence electrons. The van der Waals surface area contributed by atoms with Crippen LogP contribution in [0.2, 0.25) is 0 Å². The number of furan rings is 1. The summed E-state index contributed by atoms with van der Waals surface area (Å²) < 4.78 is 17.4. The average molecular weight is 716 g/mol. The highest BCUT2D eigenvalue weighted by atomic mass is 32.2. The predicted molar refractivity (Wildman–Crippen MR) is 197 cm³/mol. The molecule has 51 heavy (non-hydrogen) atoms. The van der Waals surface area contributed by atoms with Gasteiger partial charge in [-0.2, -0.15) is 11.8 Å². The molecule has 4 aliphatic rings. The van der Waals surface area contributed by atoms with Crippen LogP contribution in [-0.4, -0.2) is 96.1 Å². The Kier molecular flexibility index (Phi) is 10.3. The quantitative estimate of drug-likeness (QED) is 0.251. The van der Waals surface area contributed by atoms with Gasteiger partial charge in [-0.3, -0.25) is 24.2 Å². The molecule has 2 saturated heterocycles. The fourth-order valence-electron chi connectivity index (χ4n) is 7.50. The molecule has 1 aromatic heterocycles. The highest BCUT2D eigenvalue weighted by Gasteiger charge is 2.41. The molecule has 3 aromatic rings. The molecular formula is C38H45N5O7S. The molecule has 13 heteroatoms. The molecule has 12 nitrogen and oxygen atoms in total. The molecular weight excluding hydrogens is 671 g/mol. The van der Waals surface area contributed by atoms with Crippen molar-refractivity contribution in [3.8, 4) is 11.5 Å². The number of benzene rings is 2. The zero-order valence-electron chi connectivity index (χ0n) is 29.2. The summed E-state index contributed by atoms with van der Waals surface area (Å²) in [6.07, 6.45) is 7.30. The zero-order valence-corrected chi connectivity index (χ0v) is 30.0. The Morgan fingerprint density at radius 3 is 2.63 bits per heavy atom. The first-order valence-corrected chi connectivity index (χ1v) is 19.1. The molecule has 0 spiro atoms. The zero-order chi connectivity index (χ0) is 35.5. The first-order chi connectivity index (χ1) is 24.7. The van der Waals surface area contributed by atoms with Gasteiger partial charge in [-0.1, -0.05) is 0 Å². The summed E-state index contributed by atoms with van der Waals surface area (Å²) in [6.45, 7) is 4.48. The van der Waals surface area contributed by atoms with E-state index in [-0.39, 0.29) is 41.1 Å². The maximum Gasteiger partial charge on any atom is 0.289 e. The fraction of sp³-hybridized carbons (Fsp3) is 0.500. The molecule has 0 unspecified atom stereocenters. The van der Waals surface area contributed by atoms with Crippen molar-refractivity contribution in [2.75, 3.05) is 50.2 Å². The van der Waals surface area contributed by atoms with Crippen molar-refractivity contribution in [3.63, 3.8) is 0 Å². The van der Waals surface area contributed by atoms with Crippen LogP contribution in [0, 0.1) is 5.92 Å². The van der Waals surface area contributed by atoms with E-state index in [1.165, 1.54) is 0 Å². The van der Waals surface area contributed by atoms with E-state index in [2.05, 4.69) is 15.6 Å². The van der Waals surface area contributed by atoms with Gasteiger partial charge in [0.25, 0.3) is 11.8 Å². The Balaban J connectivity index is 0.846. The Bertz CT molecular complexity index is 1850. The van der Waals surface area contributed by atoms with E-state index >= 15 is 0 Å². The van der Waals surface area contributed by atoms with Crippen molar-refractivity contribution in [2.24, 2.45) is 10.9 Å². The first-order valence-electron chi connectivity index (χ1n) is 17.9. The van der Waals surface area contributed by atoms with E-state index < -0.39 is 0 Å². The Hall–Kier alpha value is -4.52. The number of methoxy groups -OCH3 is 1. The van der Waals surface area contributed by atoms with E-state index in [0.717, 1.165) is 55.7 Å². The van der Waals surface area contributed by atoms with Gasteiger partial charge in [0, 0.05) is 78.9 Å². The predicted octanol–water partition coefficient (Wildman–Crippen LogP) is 5.81. The molecule has 0 radical (unpaired) electrons. The van der Waals surface area contributed by atoms with Crippen molar-refractivity contribution in [2.45, 2.75) is 69.9 Å². The van der Waals surface area contributed by atoms with E-state index in [1.54, 1.807) is 31.4 Å². The van der Waals surface area contributed by atoms with E-state index in [4.69, 9.17) is 13.9 Å². The number of amides is 4. The van der Waals surface area contributed by atoms with Gasteiger partial charge in [0.1, 0.15) is 5.58 Å². The minimum atomic E-state index is -0.388. The summed E-state index contributed by atoms with van der Waals surface area (Å²) >= 11 is 1.85. The van der Waals surface area contributed by atoms with Crippen molar-refractivity contribution < 1.29 is 33.1 Å². The molecule has 3 fully saturated rings. The van der Waals surface area contributed by atoms with Gasteiger partial charge in [-0.15, -0.1) is 0 Å². The molecule has 4 amide bonds. The van der Waals surface area contributed by atoms with E-state index in [1.807, 2.05) is 46.8 Å². The number of hydrogen-bond acceptors (Lipinski definition) is 9. The lowest BCUT2D eigenvalue weighted by molar-refractivity contribution is -0.122. The van der Waals surface area contributed by atoms with Crippen molar-refractivity contribution >= 4 is 63.9 Å². The molecule has 4 heterocycles. The Morgan fingerprint density at radius 2 is 1.84 bits per heavy atom. The number of hydrogen-bond donors (Lipinski definition) is 2. The lowest BCUT2D eigenvalue weighted by Crippen LogP contribution is -2.45. The van der Waals surface area contributed by atoms with Crippen molar-refractivity contribution in [3.05, 3.63) is 47.7 Å². The monoisotopic (exact) mass is 715 g/mol. The van der Waals surface area contributed by atoms with Gasteiger partial charge in [-0.25, -0.2) is 0 Å². The summed E-state index contributed by atoms with van der Waals surface area (Å²) in [5.41, 5.74) is 1.87. The molecule has 1 aliphatic carbocycles. The van der Waals surface area contributed by atoms with Gasteiger partial charge in [-0.05, 0) is 76.1 Å². The molecule has 3 aliphatic heterocycles. The minimum Gasteiger partial charge on any atom is -0.493 e. The van der Waals surface area contributed by atoms with Crippen LogP contribution in [0.4, 0.5) is 11.4 Å². The number of rotatable bonds is 10. The normalized spacial score (nSPS) is 23.0. The second-order valence-corrected chi connectivity index (χ2v) is 15.2. The number of carbonyl (C=O) groups excluding carboxylic acids is 4. The number of thioether (sulfide) groups is 1. The van der Waals surface area contributed by atoms with Crippen LogP contribution in [-0.2, 0) is 9.59 Å². The average Bonchev–Trinajstić information content (AvgIpc) is 3.73. The summed E-state index contributed by atoms with van der Waals surface area (Å²) in [4.78, 5) is 60.4. The van der Waals surface area contributed by atoms with Gasteiger partial charge in [0.15, 0.2) is 17.3 Å². The molecule has 0 bridgehead atoms. The second-order valence-electron chi connectivity index (χ2n) is 14.0. The fourth-order valence-corrected chi connectivity index (χ4v) is 8.41. The number of fused-ring (bicyclic) bond motifs is 3. The standard InChI is InChI=1S/C38H45N5O7S/c1-38-12-4-13-43(38)36(46)28-21-31(48-2)32(22-29(28)39-23-38)49-16-3-5-34(44)40-26-9-6-24(7-10-26)35(45)41-27-11-8-25-19-33(50-30(25)20-27)37(47)42-14-17-51-18-15-42/h8,11,19-24,26H,3-7,9-10,12-18H2,1-2H3,(H,40,44)(H,41,45)/t24?,26?,38-/m0/s1. The minimum absolute atomic E-state index is 0.0218. The van der Waals surface area contributed by atoms with Crippen molar-refractivity contribution in [1.29, 1.82) is 0 Å². The van der Waals surface area contributed by atoms with Crippen LogP contribution in [0.1, 0.15) is 79.2 Å². The van der Waals surface area contributed by atoms with Gasteiger partial charge >= 0.3 is 0 Å². The number of anilines is 1. The number of carbonyl (C=O) groups is 4. The van der Waals surface area contributed by atoms with Gasteiger partial charge in [0.05, 0.1) is 30.5 Å². The lowest BCUT2D eigenvalue weighted by atomic mass is 9.85. The van der Waals surface area contributed by atoms with E-state index in [0.29, 0.717) is 78.6 Å². The summed E-state index contributed by atoms with van der Waals surface area (Å²) in [5.74, 6) is 2.73. The SMILES string of the molecule is COc1cc2c(cc1OCCCC(=O)NC1CCC(C(=O)Nc3ccc4cc(C(=O)N5CCSCC5)oc4c3)CC1)N=C[C@]1(C)CCCN1C2=O. The van der Waals surface area contributed by atoms with Gasteiger partial charge in [0.2, 0.25) is 11.8 Å². The maximum absolute atomic E-state index is 13.3. The maximum atomic E-state index is 13.3. The van der Waals surface area contributed by atoms with Crippen LogP contribution < -0.4 is 20.1 Å². The smallest absolute Gasteiger partial charge is 0.289 e. The molecule has 7 rings (SSSR count). The number of nitrogens with zero attached hydrogens (tertiary/aromatic N) is 3. The van der Waals surface area contributed by atoms with Crippen molar-refractivity contribution in [1.82, 2.24) is 15.1 Å². The summed E-state index contributed by atoms with van der Waals surface area (Å²) in [5, 5.41) is 6.96. The third-order valence-electron chi connectivity index (χ3n) is 10.5. The van der Waals surface area contributed by atoms with Crippen LogP contribution in [0.3, 0.4) is 0 Å². The Morgan fingerprint density at radius 1 is 1.04 bits per heavy atom. The molecule has 1 atom stereocenters. The molecule has 2 aromatic carbocycles.